The van der Waals surface area contributed by atoms with E-state index < -0.39 is 0 Å². The molecular formula is C17H31N3. The SMILES string of the molecule is CCNC(CCc1nccn1C)C1CCC(CC)CC1. The number of hydrogen-bond acceptors (Lipinski definition) is 2. The number of nitrogens with one attached hydrogen (secondary N) is 1. The number of nitrogens with zero attached hydrogens (tertiary/aromatic N) is 2. The normalized spacial score (nSPS) is 24.8. The Labute approximate surface area is 124 Å². The minimum absolute atomic E-state index is 0.675. The molecule has 1 aliphatic carbocycles. The minimum Gasteiger partial charge on any atom is -0.338 e. The van der Waals surface area contributed by atoms with Gasteiger partial charge >= 0.3 is 0 Å². The smallest absolute Gasteiger partial charge is 0.108 e. The van der Waals surface area contributed by atoms with Crippen LogP contribution in [0.3, 0.4) is 0 Å². The predicted molar refractivity (Wildman–Crippen MR) is 84.7 cm³/mol. The molecule has 0 saturated heterocycles. The minimum atomic E-state index is 0.675. The Morgan fingerprint density at radius 2 is 2.05 bits per heavy atom. The summed E-state index contributed by atoms with van der Waals surface area (Å²) in [5, 5.41) is 3.73. The van der Waals surface area contributed by atoms with Gasteiger partial charge in [0.1, 0.15) is 5.82 Å². The third-order valence-electron chi connectivity index (χ3n) is 5.10. The molecule has 3 nitrogen and oxygen atoms in total. The summed E-state index contributed by atoms with van der Waals surface area (Å²) >= 11 is 0. The fraction of sp³-hybridized carbons (Fsp3) is 0.824. The molecular weight excluding hydrogens is 246 g/mol. The van der Waals surface area contributed by atoms with Crippen LogP contribution < -0.4 is 5.32 Å². The molecule has 1 fully saturated rings. The number of hydrogen-bond donors (Lipinski definition) is 1. The van der Waals surface area contributed by atoms with Gasteiger partial charge < -0.3 is 9.88 Å². The van der Waals surface area contributed by atoms with Crippen LogP contribution in [0.2, 0.25) is 0 Å². The Hall–Kier alpha value is -0.830. The zero-order valence-corrected chi connectivity index (χ0v) is 13.4. The molecule has 0 amide bonds. The average molecular weight is 277 g/mol. The Kier molecular flexibility index (Phi) is 6.08. The molecule has 20 heavy (non-hydrogen) atoms. The summed E-state index contributed by atoms with van der Waals surface area (Å²) in [6.07, 6.45) is 13.3. The third kappa shape index (κ3) is 4.08. The van der Waals surface area contributed by atoms with Crippen LogP contribution in [0.5, 0.6) is 0 Å². The van der Waals surface area contributed by atoms with E-state index in [1.165, 1.54) is 44.3 Å². The van der Waals surface area contributed by atoms with Crippen molar-refractivity contribution in [2.75, 3.05) is 6.54 Å². The molecule has 0 aliphatic heterocycles. The van der Waals surface area contributed by atoms with Gasteiger partial charge in [-0.05, 0) is 37.6 Å². The van der Waals surface area contributed by atoms with Gasteiger partial charge in [0.05, 0.1) is 0 Å². The van der Waals surface area contributed by atoms with E-state index in [0.717, 1.165) is 24.8 Å². The highest BCUT2D eigenvalue weighted by molar-refractivity contribution is 4.93. The van der Waals surface area contributed by atoms with Crippen LogP contribution >= 0.6 is 0 Å². The van der Waals surface area contributed by atoms with E-state index in [9.17, 15) is 0 Å². The molecule has 1 N–H and O–H groups in total. The van der Waals surface area contributed by atoms with Crippen molar-refractivity contribution in [2.45, 2.75) is 64.8 Å². The maximum atomic E-state index is 4.45. The lowest BCUT2D eigenvalue weighted by molar-refractivity contribution is 0.212. The molecule has 0 bridgehead atoms. The Balaban J connectivity index is 1.85. The first-order chi connectivity index (χ1) is 9.74. The first-order valence-electron chi connectivity index (χ1n) is 8.44. The summed E-state index contributed by atoms with van der Waals surface area (Å²) in [7, 11) is 2.09. The van der Waals surface area contributed by atoms with E-state index in [1.807, 2.05) is 12.4 Å². The van der Waals surface area contributed by atoms with Crippen molar-refractivity contribution in [1.29, 1.82) is 0 Å². The van der Waals surface area contributed by atoms with Gasteiger partial charge in [0.2, 0.25) is 0 Å². The van der Waals surface area contributed by atoms with E-state index in [4.69, 9.17) is 0 Å². The standard InChI is InChI=1S/C17H31N3/c1-4-14-6-8-15(9-7-14)16(18-5-2)10-11-17-19-12-13-20(17)3/h12-16,18H,4-11H2,1-3H3. The maximum absolute atomic E-state index is 4.45. The molecule has 1 saturated carbocycles. The number of aromatic nitrogens is 2. The Morgan fingerprint density at radius 1 is 1.30 bits per heavy atom. The highest BCUT2D eigenvalue weighted by atomic mass is 15.0. The fourth-order valence-corrected chi connectivity index (χ4v) is 3.69. The lowest BCUT2D eigenvalue weighted by Crippen LogP contribution is -2.38. The second kappa shape index (κ2) is 7.82. The average Bonchev–Trinajstić information content (AvgIpc) is 2.89. The monoisotopic (exact) mass is 277 g/mol. The number of imidazole rings is 1. The molecule has 1 aromatic heterocycles. The summed E-state index contributed by atoms with van der Waals surface area (Å²) in [5.41, 5.74) is 0. The molecule has 1 aromatic rings. The predicted octanol–water partition coefficient (Wildman–Crippen LogP) is 3.55. The molecule has 114 valence electrons. The summed E-state index contributed by atoms with van der Waals surface area (Å²) in [6.45, 7) is 5.65. The molecule has 2 rings (SSSR count). The van der Waals surface area contributed by atoms with E-state index in [2.05, 4.69) is 35.8 Å². The third-order valence-corrected chi connectivity index (χ3v) is 5.10. The first-order valence-corrected chi connectivity index (χ1v) is 8.44. The molecule has 0 radical (unpaired) electrons. The molecule has 1 heterocycles. The van der Waals surface area contributed by atoms with E-state index >= 15 is 0 Å². The van der Waals surface area contributed by atoms with Crippen LogP contribution in [-0.4, -0.2) is 22.1 Å². The van der Waals surface area contributed by atoms with Crippen LogP contribution in [0.4, 0.5) is 0 Å². The number of rotatable bonds is 7. The highest BCUT2D eigenvalue weighted by Gasteiger charge is 2.26. The molecule has 3 heteroatoms. The Morgan fingerprint density at radius 3 is 2.60 bits per heavy atom. The number of aryl methyl sites for hydroxylation is 2. The van der Waals surface area contributed by atoms with Gasteiger partial charge in [-0.1, -0.05) is 33.1 Å². The van der Waals surface area contributed by atoms with Crippen molar-refractivity contribution in [1.82, 2.24) is 14.9 Å². The van der Waals surface area contributed by atoms with Gasteiger partial charge in [0.25, 0.3) is 0 Å². The molecule has 1 atom stereocenters. The van der Waals surface area contributed by atoms with Crippen LogP contribution in [0.25, 0.3) is 0 Å². The van der Waals surface area contributed by atoms with Crippen LogP contribution in [0.1, 0.15) is 58.2 Å². The van der Waals surface area contributed by atoms with E-state index in [0.29, 0.717) is 6.04 Å². The van der Waals surface area contributed by atoms with Gasteiger partial charge in [-0.3, -0.25) is 0 Å². The van der Waals surface area contributed by atoms with E-state index in [-0.39, 0.29) is 0 Å². The van der Waals surface area contributed by atoms with Crippen molar-refractivity contribution in [3.63, 3.8) is 0 Å². The second-order valence-electron chi connectivity index (χ2n) is 6.35. The van der Waals surface area contributed by atoms with Crippen molar-refractivity contribution < 1.29 is 0 Å². The molecule has 1 unspecified atom stereocenters. The Bertz CT molecular complexity index is 377. The summed E-state index contributed by atoms with van der Waals surface area (Å²) in [6, 6.07) is 0.675. The van der Waals surface area contributed by atoms with Crippen molar-refractivity contribution in [2.24, 2.45) is 18.9 Å². The van der Waals surface area contributed by atoms with Gasteiger partial charge in [-0.15, -0.1) is 0 Å². The van der Waals surface area contributed by atoms with Crippen molar-refractivity contribution >= 4 is 0 Å². The topological polar surface area (TPSA) is 29.9 Å². The van der Waals surface area contributed by atoms with Crippen molar-refractivity contribution in [3.05, 3.63) is 18.2 Å². The summed E-state index contributed by atoms with van der Waals surface area (Å²) in [5.74, 6) is 3.08. The van der Waals surface area contributed by atoms with E-state index in [1.54, 1.807) is 0 Å². The summed E-state index contributed by atoms with van der Waals surface area (Å²) < 4.78 is 2.15. The quantitative estimate of drug-likeness (QED) is 0.826. The summed E-state index contributed by atoms with van der Waals surface area (Å²) in [4.78, 5) is 4.45. The first kappa shape index (κ1) is 15.6. The van der Waals surface area contributed by atoms with Crippen molar-refractivity contribution in [3.8, 4) is 0 Å². The van der Waals surface area contributed by atoms with Crippen LogP contribution in [-0.2, 0) is 13.5 Å². The maximum Gasteiger partial charge on any atom is 0.108 e. The largest absolute Gasteiger partial charge is 0.338 e. The van der Waals surface area contributed by atoms with Gasteiger partial charge in [0, 0.05) is 31.9 Å². The lowest BCUT2D eigenvalue weighted by atomic mass is 9.76. The van der Waals surface area contributed by atoms with Gasteiger partial charge in [-0.25, -0.2) is 4.98 Å². The zero-order chi connectivity index (χ0) is 14.4. The highest BCUT2D eigenvalue weighted by Crippen LogP contribution is 2.33. The van der Waals surface area contributed by atoms with Crippen LogP contribution in [0.15, 0.2) is 12.4 Å². The second-order valence-corrected chi connectivity index (χ2v) is 6.35. The zero-order valence-electron chi connectivity index (χ0n) is 13.4. The molecule has 0 aromatic carbocycles. The van der Waals surface area contributed by atoms with Crippen LogP contribution in [0, 0.1) is 11.8 Å². The fourth-order valence-electron chi connectivity index (χ4n) is 3.69. The van der Waals surface area contributed by atoms with Gasteiger partial charge in [-0.2, -0.15) is 0 Å². The molecule has 0 spiro atoms. The molecule has 1 aliphatic rings. The lowest BCUT2D eigenvalue weighted by Gasteiger charge is -2.34. The van der Waals surface area contributed by atoms with Gasteiger partial charge in [0.15, 0.2) is 0 Å².